The zero-order chi connectivity index (χ0) is 19.0. The number of aromatic nitrogens is 2. The number of fused-ring (bicyclic) bond motifs is 1. The summed E-state index contributed by atoms with van der Waals surface area (Å²) in [7, 11) is 0. The monoisotopic (exact) mass is 365 g/mol. The Bertz CT molecular complexity index is 876. The molecule has 0 spiro atoms. The highest BCUT2D eigenvalue weighted by atomic mass is 16.2. The third kappa shape index (κ3) is 3.25. The van der Waals surface area contributed by atoms with E-state index in [0.29, 0.717) is 37.7 Å². The lowest BCUT2D eigenvalue weighted by atomic mass is 10.1. The standard InChI is InChI=1S/C20H23N5O2/c1-14-11-16-5-3-4-6-18(16)25(14)19-12-17(21-15(2)22-19)20(27)24-9-7-23(13-26)8-10-24/h3-6,12-14H,7-11H2,1-2H3. The Labute approximate surface area is 158 Å². The molecule has 7 nitrogen and oxygen atoms in total. The van der Waals surface area contributed by atoms with Crippen molar-refractivity contribution < 1.29 is 9.59 Å². The average Bonchev–Trinajstić information content (AvgIpc) is 3.02. The van der Waals surface area contributed by atoms with E-state index in [0.717, 1.165) is 24.3 Å². The zero-order valence-corrected chi connectivity index (χ0v) is 15.6. The smallest absolute Gasteiger partial charge is 0.272 e. The lowest BCUT2D eigenvalue weighted by Crippen LogP contribution is -2.48. The molecule has 140 valence electrons. The summed E-state index contributed by atoms with van der Waals surface area (Å²) in [6.07, 6.45) is 1.79. The Morgan fingerprint density at radius 3 is 2.63 bits per heavy atom. The number of aryl methyl sites for hydroxylation is 1. The van der Waals surface area contributed by atoms with Gasteiger partial charge in [-0.3, -0.25) is 9.59 Å². The Hall–Kier alpha value is -2.96. The van der Waals surface area contributed by atoms with E-state index in [1.54, 1.807) is 15.9 Å². The van der Waals surface area contributed by atoms with Crippen molar-refractivity contribution in [1.29, 1.82) is 0 Å². The fraction of sp³-hybridized carbons (Fsp3) is 0.400. The van der Waals surface area contributed by atoms with Crippen molar-refractivity contribution in [3.63, 3.8) is 0 Å². The maximum Gasteiger partial charge on any atom is 0.272 e. The molecule has 0 bridgehead atoms. The lowest BCUT2D eigenvalue weighted by Gasteiger charge is -2.32. The van der Waals surface area contributed by atoms with Gasteiger partial charge >= 0.3 is 0 Å². The van der Waals surface area contributed by atoms with E-state index >= 15 is 0 Å². The van der Waals surface area contributed by atoms with E-state index in [1.807, 2.05) is 19.1 Å². The third-order valence-electron chi connectivity index (χ3n) is 5.25. The molecule has 27 heavy (non-hydrogen) atoms. The summed E-state index contributed by atoms with van der Waals surface area (Å²) in [5.74, 6) is 1.24. The van der Waals surface area contributed by atoms with Gasteiger partial charge in [0.25, 0.3) is 5.91 Å². The van der Waals surface area contributed by atoms with Crippen molar-refractivity contribution in [2.45, 2.75) is 26.3 Å². The van der Waals surface area contributed by atoms with Crippen molar-refractivity contribution in [1.82, 2.24) is 19.8 Å². The van der Waals surface area contributed by atoms with Crippen LogP contribution in [-0.2, 0) is 11.2 Å². The number of benzene rings is 1. The van der Waals surface area contributed by atoms with Crippen molar-refractivity contribution in [3.8, 4) is 0 Å². The van der Waals surface area contributed by atoms with Gasteiger partial charge < -0.3 is 14.7 Å². The van der Waals surface area contributed by atoms with Crippen LogP contribution < -0.4 is 4.90 Å². The minimum Gasteiger partial charge on any atom is -0.342 e. The first-order chi connectivity index (χ1) is 13.1. The maximum absolute atomic E-state index is 13.0. The molecule has 2 aliphatic rings. The fourth-order valence-corrected chi connectivity index (χ4v) is 3.89. The van der Waals surface area contributed by atoms with Gasteiger partial charge in [0.2, 0.25) is 6.41 Å². The van der Waals surface area contributed by atoms with Crippen LogP contribution in [0, 0.1) is 6.92 Å². The predicted molar refractivity (Wildman–Crippen MR) is 102 cm³/mol. The Morgan fingerprint density at radius 2 is 1.89 bits per heavy atom. The first-order valence-corrected chi connectivity index (χ1v) is 9.28. The van der Waals surface area contributed by atoms with Crippen LogP contribution in [0.4, 0.5) is 11.5 Å². The number of anilines is 2. The first-order valence-electron chi connectivity index (χ1n) is 9.28. The van der Waals surface area contributed by atoms with E-state index < -0.39 is 0 Å². The summed E-state index contributed by atoms with van der Waals surface area (Å²) in [6.45, 7) is 6.15. The van der Waals surface area contributed by atoms with Crippen molar-refractivity contribution in [3.05, 3.63) is 47.4 Å². The molecule has 0 saturated carbocycles. The number of hydrogen-bond donors (Lipinski definition) is 0. The van der Waals surface area contributed by atoms with Gasteiger partial charge in [0.1, 0.15) is 17.3 Å². The second-order valence-corrected chi connectivity index (χ2v) is 7.14. The molecule has 1 saturated heterocycles. The summed E-state index contributed by atoms with van der Waals surface area (Å²) in [5, 5.41) is 0. The van der Waals surface area contributed by atoms with Crippen molar-refractivity contribution in [2.75, 3.05) is 31.1 Å². The molecular formula is C20H23N5O2. The molecule has 2 aromatic rings. The molecule has 1 unspecified atom stereocenters. The topological polar surface area (TPSA) is 69.6 Å². The van der Waals surface area contributed by atoms with Gasteiger partial charge in [-0.05, 0) is 31.9 Å². The van der Waals surface area contributed by atoms with Crippen LogP contribution in [0.15, 0.2) is 30.3 Å². The molecule has 2 aliphatic heterocycles. The van der Waals surface area contributed by atoms with Gasteiger partial charge in [0, 0.05) is 44.0 Å². The van der Waals surface area contributed by atoms with Crippen LogP contribution in [0.3, 0.4) is 0 Å². The SMILES string of the molecule is Cc1nc(C(=O)N2CCN(C=O)CC2)cc(N2c3ccccc3CC2C)n1. The van der Waals surface area contributed by atoms with Gasteiger partial charge in [-0.15, -0.1) is 0 Å². The summed E-state index contributed by atoms with van der Waals surface area (Å²) in [4.78, 5) is 38.4. The second-order valence-electron chi connectivity index (χ2n) is 7.14. The zero-order valence-electron chi connectivity index (χ0n) is 15.6. The van der Waals surface area contributed by atoms with E-state index in [2.05, 4.69) is 33.9 Å². The van der Waals surface area contributed by atoms with Crippen LogP contribution in [0.5, 0.6) is 0 Å². The summed E-state index contributed by atoms with van der Waals surface area (Å²) in [5.41, 5.74) is 2.84. The number of nitrogens with zero attached hydrogens (tertiary/aromatic N) is 5. The Morgan fingerprint density at radius 1 is 1.15 bits per heavy atom. The number of amides is 2. The van der Waals surface area contributed by atoms with Crippen LogP contribution in [0.2, 0.25) is 0 Å². The van der Waals surface area contributed by atoms with Crippen LogP contribution in [-0.4, -0.2) is 64.3 Å². The summed E-state index contributed by atoms with van der Waals surface area (Å²) < 4.78 is 0. The van der Waals surface area contributed by atoms with E-state index in [4.69, 9.17) is 0 Å². The van der Waals surface area contributed by atoms with Crippen LogP contribution in [0.1, 0.15) is 28.8 Å². The molecule has 1 aromatic carbocycles. The van der Waals surface area contributed by atoms with E-state index in [1.165, 1.54) is 5.56 Å². The third-order valence-corrected chi connectivity index (χ3v) is 5.25. The molecule has 4 rings (SSSR count). The molecule has 0 radical (unpaired) electrons. The second kappa shape index (κ2) is 6.98. The number of para-hydroxylation sites is 1. The van der Waals surface area contributed by atoms with E-state index in [-0.39, 0.29) is 11.9 Å². The first kappa shape index (κ1) is 17.5. The number of carbonyl (C=O) groups excluding carboxylic acids is 2. The molecule has 3 heterocycles. The van der Waals surface area contributed by atoms with Gasteiger partial charge in [-0.1, -0.05) is 18.2 Å². The normalized spacial score (nSPS) is 19.2. The number of piperazine rings is 1. The lowest BCUT2D eigenvalue weighted by molar-refractivity contribution is -0.119. The highest BCUT2D eigenvalue weighted by Gasteiger charge is 2.29. The molecule has 1 atom stereocenters. The fourth-order valence-electron chi connectivity index (χ4n) is 3.89. The minimum atomic E-state index is -0.104. The molecule has 0 N–H and O–H groups in total. The van der Waals surface area contributed by atoms with Crippen molar-refractivity contribution in [2.24, 2.45) is 0 Å². The van der Waals surface area contributed by atoms with E-state index in [9.17, 15) is 9.59 Å². The van der Waals surface area contributed by atoms with Gasteiger partial charge in [-0.25, -0.2) is 9.97 Å². The molecule has 1 aromatic heterocycles. The van der Waals surface area contributed by atoms with Crippen molar-refractivity contribution >= 4 is 23.8 Å². The summed E-state index contributed by atoms with van der Waals surface area (Å²) in [6, 6.07) is 10.4. The van der Waals surface area contributed by atoms with Crippen LogP contribution >= 0.6 is 0 Å². The number of rotatable bonds is 3. The average molecular weight is 365 g/mol. The molecule has 1 fully saturated rings. The molecular weight excluding hydrogens is 342 g/mol. The highest BCUT2D eigenvalue weighted by Crippen LogP contribution is 2.37. The number of hydrogen-bond acceptors (Lipinski definition) is 5. The van der Waals surface area contributed by atoms with Gasteiger partial charge in [-0.2, -0.15) is 0 Å². The van der Waals surface area contributed by atoms with Crippen LogP contribution in [0.25, 0.3) is 0 Å². The molecule has 2 amide bonds. The quantitative estimate of drug-likeness (QED) is 0.776. The van der Waals surface area contributed by atoms with Gasteiger partial charge in [0.05, 0.1) is 0 Å². The largest absolute Gasteiger partial charge is 0.342 e. The molecule has 7 heteroatoms. The number of carbonyl (C=O) groups is 2. The highest BCUT2D eigenvalue weighted by molar-refractivity contribution is 5.93. The summed E-state index contributed by atoms with van der Waals surface area (Å²) >= 11 is 0. The maximum atomic E-state index is 13.0. The Balaban J connectivity index is 1.63. The van der Waals surface area contributed by atoms with Gasteiger partial charge in [0.15, 0.2) is 0 Å². The molecule has 0 aliphatic carbocycles. The predicted octanol–water partition coefficient (Wildman–Crippen LogP) is 1.78. The minimum absolute atomic E-state index is 0.104. The Kier molecular flexibility index (Phi) is 4.51.